The van der Waals surface area contributed by atoms with Crippen LogP contribution in [0.4, 0.5) is 18.0 Å². The summed E-state index contributed by atoms with van der Waals surface area (Å²) in [5.74, 6) is -0.0965. The van der Waals surface area contributed by atoms with E-state index >= 15 is 0 Å². The number of amides is 1. The van der Waals surface area contributed by atoms with Gasteiger partial charge >= 0.3 is 12.5 Å². The highest BCUT2D eigenvalue weighted by Gasteiger charge is 2.43. The molecule has 0 N–H and O–H groups in total. The van der Waals surface area contributed by atoms with Crippen LogP contribution in [0.5, 0.6) is 0 Å². The fourth-order valence-corrected chi connectivity index (χ4v) is 2.78. The van der Waals surface area contributed by atoms with Gasteiger partial charge in [0.05, 0.1) is 19.3 Å². The minimum Gasteiger partial charge on any atom is -0.371 e. The number of fused-ring (bicyclic) bond motifs is 3. The van der Waals surface area contributed by atoms with Gasteiger partial charge in [0.25, 0.3) is 0 Å². The van der Waals surface area contributed by atoms with Gasteiger partial charge in [0.2, 0.25) is 0 Å². The molecular weight excluding hydrogens is 275 g/mol. The molecule has 2 aliphatic rings. The first-order chi connectivity index (χ1) is 9.44. The number of benzene rings is 1. The smallest absolute Gasteiger partial charge is 0.371 e. The molecule has 3 rings (SSSR count). The number of ether oxygens (including phenoxy) is 2. The van der Waals surface area contributed by atoms with Crippen LogP contribution >= 0.6 is 0 Å². The molecule has 1 aromatic rings. The maximum absolute atomic E-state index is 12.1. The Balaban J connectivity index is 1.75. The summed E-state index contributed by atoms with van der Waals surface area (Å²) in [7, 11) is 0. The summed E-state index contributed by atoms with van der Waals surface area (Å²) < 4.78 is 45.3. The first kappa shape index (κ1) is 13.2. The largest absolute Gasteiger partial charge is 0.576 e. The summed E-state index contributed by atoms with van der Waals surface area (Å²) in [6.07, 6.45) is -6.59. The summed E-state index contributed by atoms with van der Waals surface area (Å²) in [6, 6.07) is 7.60. The van der Waals surface area contributed by atoms with E-state index in [0.717, 1.165) is 16.0 Å². The Kier molecular flexibility index (Phi) is 3.08. The van der Waals surface area contributed by atoms with Gasteiger partial charge in [-0.05, 0) is 11.1 Å². The van der Waals surface area contributed by atoms with Gasteiger partial charge in [-0.2, -0.15) is 0 Å². The molecule has 2 aliphatic heterocycles. The summed E-state index contributed by atoms with van der Waals surface area (Å²) in [4.78, 5) is 12.5. The summed E-state index contributed by atoms with van der Waals surface area (Å²) in [5, 5.41) is 0. The van der Waals surface area contributed by atoms with Gasteiger partial charge in [0.15, 0.2) is 0 Å². The fraction of sp³-hybridized carbons (Fsp3) is 0.462. The molecule has 1 fully saturated rings. The lowest BCUT2D eigenvalue weighted by Gasteiger charge is -2.27. The van der Waals surface area contributed by atoms with Crippen molar-refractivity contribution in [1.29, 1.82) is 0 Å². The molecule has 0 bridgehead atoms. The molecule has 108 valence electrons. The molecule has 2 unspecified atom stereocenters. The molecule has 20 heavy (non-hydrogen) atoms. The summed E-state index contributed by atoms with van der Waals surface area (Å²) in [5.41, 5.74) is 2.05. The van der Waals surface area contributed by atoms with Crippen molar-refractivity contribution in [2.45, 2.75) is 25.0 Å². The van der Waals surface area contributed by atoms with E-state index in [2.05, 4.69) is 4.74 Å². The maximum Gasteiger partial charge on any atom is 0.576 e. The topological polar surface area (TPSA) is 38.8 Å². The normalized spacial score (nSPS) is 25.1. The van der Waals surface area contributed by atoms with Crippen molar-refractivity contribution in [3.05, 3.63) is 35.4 Å². The zero-order chi connectivity index (χ0) is 14.3. The second-order valence-electron chi connectivity index (χ2n) is 4.87. The quantitative estimate of drug-likeness (QED) is 0.736. The number of halogens is 3. The third kappa shape index (κ3) is 2.45. The summed E-state index contributed by atoms with van der Waals surface area (Å²) in [6.45, 7) is 0.712. The molecule has 1 aromatic carbocycles. The third-order valence-corrected chi connectivity index (χ3v) is 3.63. The number of carbonyl (C=O) groups excluding carboxylic acids is 1. The number of hydrogen-bond acceptors (Lipinski definition) is 3. The predicted molar refractivity (Wildman–Crippen MR) is 61.9 cm³/mol. The Morgan fingerprint density at radius 2 is 2.05 bits per heavy atom. The van der Waals surface area contributed by atoms with Crippen LogP contribution < -0.4 is 0 Å². The zero-order valence-electron chi connectivity index (χ0n) is 10.4. The van der Waals surface area contributed by atoms with Gasteiger partial charge in [-0.3, -0.25) is 0 Å². The third-order valence-electron chi connectivity index (χ3n) is 3.63. The van der Waals surface area contributed by atoms with Crippen LogP contribution in [0.2, 0.25) is 0 Å². The average Bonchev–Trinajstić information content (AvgIpc) is 2.81. The maximum atomic E-state index is 12.1. The molecule has 2 atom stereocenters. The van der Waals surface area contributed by atoms with Gasteiger partial charge < -0.3 is 14.4 Å². The van der Waals surface area contributed by atoms with Crippen LogP contribution in [0, 0.1) is 0 Å². The van der Waals surface area contributed by atoms with E-state index in [9.17, 15) is 18.0 Å². The number of likely N-dealkylation sites (tertiary alicyclic amines) is 1. The number of hydrogen-bond donors (Lipinski definition) is 0. The molecule has 1 amide bonds. The minimum atomic E-state index is -4.95. The van der Waals surface area contributed by atoms with E-state index in [-0.39, 0.29) is 25.1 Å². The molecule has 0 spiro atoms. The second kappa shape index (κ2) is 4.66. The lowest BCUT2D eigenvalue weighted by Crippen LogP contribution is -2.34. The lowest BCUT2D eigenvalue weighted by molar-refractivity contribution is -0.294. The number of carbonyl (C=O) groups is 1. The van der Waals surface area contributed by atoms with Crippen molar-refractivity contribution in [2.75, 3.05) is 13.1 Å². The highest BCUT2D eigenvalue weighted by molar-refractivity contribution is 5.68. The van der Waals surface area contributed by atoms with Crippen molar-refractivity contribution < 1.29 is 27.4 Å². The number of alkyl halides is 3. The molecule has 0 aliphatic carbocycles. The lowest BCUT2D eigenvalue weighted by atomic mass is 9.90. The standard InChI is InChI=1S/C13H12F3NO3/c14-13(15,16)20-12(18)17-5-10-9-4-2-1-3-8(9)7-19-11(10)6-17/h1-4,10-11H,5-7H2. The minimum absolute atomic E-state index is 0.0965. The predicted octanol–water partition coefficient (Wildman–Crippen LogP) is 2.64. The van der Waals surface area contributed by atoms with E-state index in [4.69, 9.17) is 4.74 Å². The van der Waals surface area contributed by atoms with Crippen LogP contribution in [-0.2, 0) is 16.1 Å². The molecule has 0 radical (unpaired) electrons. The highest BCUT2D eigenvalue weighted by atomic mass is 19.4. The molecule has 2 heterocycles. The Morgan fingerprint density at radius 1 is 1.30 bits per heavy atom. The summed E-state index contributed by atoms with van der Waals surface area (Å²) >= 11 is 0. The van der Waals surface area contributed by atoms with Gasteiger partial charge in [-0.25, -0.2) is 4.79 Å². The molecule has 1 saturated heterocycles. The Bertz CT molecular complexity index is 532. The van der Waals surface area contributed by atoms with E-state index in [1.165, 1.54) is 0 Å². The highest BCUT2D eigenvalue weighted by Crippen LogP contribution is 2.37. The van der Waals surface area contributed by atoms with E-state index < -0.39 is 12.5 Å². The Labute approximate surface area is 113 Å². The fourth-order valence-electron chi connectivity index (χ4n) is 2.78. The van der Waals surface area contributed by atoms with E-state index in [1.807, 2.05) is 24.3 Å². The second-order valence-corrected chi connectivity index (χ2v) is 4.87. The van der Waals surface area contributed by atoms with Crippen LogP contribution in [-0.4, -0.2) is 36.5 Å². The van der Waals surface area contributed by atoms with Crippen LogP contribution in [0.1, 0.15) is 17.0 Å². The molecule has 4 nitrogen and oxygen atoms in total. The molecule has 0 saturated carbocycles. The van der Waals surface area contributed by atoms with E-state index in [1.54, 1.807) is 0 Å². The molecule has 0 aromatic heterocycles. The van der Waals surface area contributed by atoms with Crippen molar-refractivity contribution in [2.24, 2.45) is 0 Å². The average molecular weight is 287 g/mol. The van der Waals surface area contributed by atoms with Crippen molar-refractivity contribution in [3.63, 3.8) is 0 Å². The number of nitrogens with zero attached hydrogens (tertiary/aromatic N) is 1. The Hall–Kier alpha value is -1.76. The van der Waals surface area contributed by atoms with Crippen molar-refractivity contribution in [3.8, 4) is 0 Å². The van der Waals surface area contributed by atoms with Crippen LogP contribution in [0.3, 0.4) is 0 Å². The van der Waals surface area contributed by atoms with Gasteiger partial charge in [0, 0.05) is 12.5 Å². The van der Waals surface area contributed by atoms with E-state index in [0.29, 0.717) is 6.61 Å². The van der Waals surface area contributed by atoms with Crippen LogP contribution in [0.15, 0.2) is 24.3 Å². The SMILES string of the molecule is O=C(OC(F)(F)F)N1CC2OCc3ccccc3C2C1. The zero-order valence-corrected chi connectivity index (χ0v) is 10.4. The first-order valence-electron chi connectivity index (χ1n) is 6.18. The van der Waals surface area contributed by atoms with Crippen molar-refractivity contribution >= 4 is 6.09 Å². The Morgan fingerprint density at radius 3 is 2.80 bits per heavy atom. The monoisotopic (exact) mass is 287 g/mol. The van der Waals surface area contributed by atoms with Crippen LogP contribution in [0.25, 0.3) is 0 Å². The van der Waals surface area contributed by atoms with Gasteiger partial charge in [-0.1, -0.05) is 24.3 Å². The number of rotatable bonds is 0. The first-order valence-corrected chi connectivity index (χ1v) is 6.18. The molecular formula is C13H12F3NO3. The van der Waals surface area contributed by atoms with Crippen molar-refractivity contribution in [1.82, 2.24) is 4.90 Å². The van der Waals surface area contributed by atoms with Gasteiger partial charge in [-0.15, -0.1) is 13.2 Å². The van der Waals surface area contributed by atoms with Gasteiger partial charge in [0.1, 0.15) is 0 Å². The molecule has 7 heteroatoms.